The maximum Gasteiger partial charge on any atom is 0.206 e. The van der Waals surface area contributed by atoms with E-state index >= 15 is 0 Å². The lowest BCUT2D eigenvalue weighted by atomic mass is 10.1. The average Bonchev–Trinajstić information content (AvgIpc) is 2.73. The summed E-state index contributed by atoms with van der Waals surface area (Å²) in [5, 5.41) is 3.50. The van der Waals surface area contributed by atoms with Crippen molar-refractivity contribution in [2.75, 3.05) is 7.11 Å². The van der Waals surface area contributed by atoms with Gasteiger partial charge in [0.2, 0.25) is 9.84 Å². The Kier molecular flexibility index (Phi) is 6.49. The van der Waals surface area contributed by atoms with Gasteiger partial charge in [0.1, 0.15) is 5.75 Å². The highest BCUT2D eigenvalue weighted by atomic mass is 32.2. The third-order valence-corrected chi connectivity index (χ3v) is 6.43. The van der Waals surface area contributed by atoms with Crippen LogP contribution in [-0.2, 0) is 22.8 Å². The van der Waals surface area contributed by atoms with Crippen molar-refractivity contribution >= 4 is 9.84 Å². The van der Waals surface area contributed by atoms with Crippen molar-refractivity contribution in [3.05, 3.63) is 90.0 Å². The highest BCUT2D eigenvalue weighted by Gasteiger charge is 2.17. The maximum atomic E-state index is 12.8. The number of methoxy groups -OCH3 is 1. The summed E-state index contributed by atoms with van der Waals surface area (Å²) in [5.74, 6) is 0.631. The fourth-order valence-corrected chi connectivity index (χ4v) is 4.27. The van der Waals surface area contributed by atoms with Gasteiger partial charge >= 0.3 is 0 Å². The lowest BCUT2D eigenvalue weighted by molar-refractivity contribution is 0.414. The van der Waals surface area contributed by atoms with Crippen molar-refractivity contribution in [2.45, 2.75) is 35.7 Å². The molecule has 0 spiro atoms. The van der Waals surface area contributed by atoms with E-state index in [-0.39, 0.29) is 10.9 Å². The summed E-state index contributed by atoms with van der Waals surface area (Å²) in [7, 11) is -1.97. The molecule has 3 aromatic carbocycles. The minimum absolute atomic E-state index is 0.263. The van der Waals surface area contributed by atoms with E-state index in [0.717, 1.165) is 18.5 Å². The first-order valence-electron chi connectivity index (χ1n) is 9.24. The van der Waals surface area contributed by atoms with Gasteiger partial charge in [-0.15, -0.1) is 0 Å². The Bertz CT molecular complexity index is 982. The minimum atomic E-state index is -3.53. The smallest absolute Gasteiger partial charge is 0.206 e. The predicted octanol–water partition coefficient (Wildman–Crippen LogP) is 4.25. The summed E-state index contributed by atoms with van der Waals surface area (Å²) in [4.78, 5) is 0.560. The molecule has 0 bridgehead atoms. The second-order valence-corrected chi connectivity index (χ2v) is 8.74. The lowest BCUT2D eigenvalue weighted by Gasteiger charge is -2.14. The Morgan fingerprint density at radius 3 is 1.96 bits per heavy atom. The second kappa shape index (κ2) is 9.04. The fourth-order valence-electron chi connectivity index (χ4n) is 3.01. The van der Waals surface area contributed by atoms with Crippen molar-refractivity contribution in [3.8, 4) is 5.75 Å². The first-order chi connectivity index (χ1) is 13.5. The van der Waals surface area contributed by atoms with Crippen LogP contribution in [0.3, 0.4) is 0 Å². The van der Waals surface area contributed by atoms with Crippen LogP contribution in [0.25, 0.3) is 0 Å². The van der Waals surface area contributed by atoms with E-state index in [1.54, 1.807) is 43.5 Å². The monoisotopic (exact) mass is 395 g/mol. The van der Waals surface area contributed by atoms with Crippen LogP contribution >= 0.6 is 0 Å². The van der Waals surface area contributed by atoms with E-state index in [9.17, 15) is 8.42 Å². The van der Waals surface area contributed by atoms with Gasteiger partial charge in [-0.1, -0.05) is 42.5 Å². The van der Waals surface area contributed by atoms with E-state index in [1.807, 2.05) is 30.3 Å². The number of hydrogen-bond acceptors (Lipinski definition) is 4. The number of hydrogen-bond donors (Lipinski definition) is 1. The molecule has 5 heteroatoms. The van der Waals surface area contributed by atoms with Gasteiger partial charge in [-0.05, 0) is 60.9 Å². The number of benzene rings is 3. The molecule has 3 aromatic rings. The zero-order chi connectivity index (χ0) is 20.0. The molecule has 0 aromatic heterocycles. The summed E-state index contributed by atoms with van der Waals surface area (Å²) in [6, 6.07) is 24.1. The normalized spacial score (nSPS) is 12.5. The van der Waals surface area contributed by atoms with Gasteiger partial charge < -0.3 is 10.1 Å². The van der Waals surface area contributed by atoms with E-state index in [2.05, 4.69) is 24.4 Å². The molecular formula is C23H25NO3S. The fraction of sp³-hybridized carbons (Fsp3) is 0.217. The summed E-state index contributed by atoms with van der Waals surface area (Å²) < 4.78 is 30.6. The van der Waals surface area contributed by atoms with Crippen molar-refractivity contribution in [3.63, 3.8) is 0 Å². The van der Waals surface area contributed by atoms with Crippen molar-refractivity contribution < 1.29 is 13.2 Å². The quantitative estimate of drug-likeness (QED) is 0.620. The van der Waals surface area contributed by atoms with Crippen molar-refractivity contribution in [2.24, 2.45) is 0 Å². The van der Waals surface area contributed by atoms with Gasteiger partial charge in [-0.25, -0.2) is 8.42 Å². The molecule has 1 N–H and O–H groups in total. The van der Waals surface area contributed by atoms with Crippen molar-refractivity contribution in [1.29, 1.82) is 0 Å². The van der Waals surface area contributed by atoms with Crippen LogP contribution in [0, 0.1) is 0 Å². The molecule has 3 rings (SSSR count). The molecular weight excluding hydrogens is 370 g/mol. The molecule has 0 radical (unpaired) electrons. The molecule has 146 valence electrons. The molecule has 0 aliphatic carbocycles. The van der Waals surface area contributed by atoms with Gasteiger partial charge in [0, 0.05) is 12.6 Å². The lowest BCUT2D eigenvalue weighted by Crippen LogP contribution is -2.27. The third kappa shape index (κ3) is 5.00. The Morgan fingerprint density at radius 1 is 0.821 bits per heavy atom. The Hall–Kier alpha value is -2.63. The molecule has 0 saturated carbocycles. The van der Waals surface area contributed by atoms with E-state index < -0.39 is 9.84 Å². The molecule has 28 heavy (non-hydrogen) atoms. The van der Waals surface area contributed by atoms with Crippen LogP contribution in [0.2, 0.25) is 0 Å². The molecule has 4 nitrogen and oxygen atoms in total. The van der Waals surface area contributed by atoms with E-state index in [0.29, 0.717) is 10.6 Å². The molecule has 0 saturated heterocycles. The van der Waals surface area contributed by atoms with E-state index in [4.69, 9.17) is 4.74 Å². The standard InChI is InChI=1S/C23H25NO3S/c1-18(24-17-20-6-4-3-5-7-20)16-19-8-12-22(13-9-19)28(25,26)23-14-10-21(27-2)11-15-23/h3-15,18,24H,16-17H2,1-2H3/t18-/m1/s1. The molecule has 0 fully saturated rings. The van der Waals surface area contributed by atoms with Crippen LogP contribution in [0.1, 0.15) is 18.1 Å². The summed E-state index contributed by atoms with van der Waals surface area (Å²) in [6.07, 6.45) is 0.829. The summed E-state index contributed by atoms with van der Waals surface area (Å²) >= 11 is 0. The summed E-state index contributed by atoms with van der Waals surface area (Å²) in [6.45, 7) is 2.94. The van der Waals surface area contributed by atoms with Crippen LogP contribution in [0.5, 0.6) is 5.75 Å². The van der Waals surface area contributed by atoms with Crippen LogP contribution in [0.4, 0.5) is 0 Å². The maximum absolute atomic E-state index is 12.8. The van der Waals surface area contributed by atoms with E-state index in [1.165, 1.54) is 5.56 Å². The predicted molar refractivity (Wildman–Crippen MR) is 111 cm³/mol. The first kappa shape index (κ1) is 20.1. The largest absolute Gasteiger partial charge is 0.497 e. The number of ether oxygens (including phenoxy) is 1. The van der Waals surface area contributed by atoms with Crippen molar-refractivity contribution in [1.82, 2.24) is 5.32 Å². The van der Waals surface area contributed by atoms with Gasteiger partial charge in [-0.3, -0.25) is 0 Å². The zero-order valence-corrected chi connectivity index (χ0v) is 16.9. The van der Waals surface area contributed by atoms with Gasteiger partial charge in [0.05, 0.1) is 16.9 Å². The summed E-state index contributed by atoms with van der Waals surface area (Å²) in [5.41, 5.74) is 2.34. The van der Waals surface area contributed by atoms with Gasteiger partial charge in [0.15, 0.2) is 0 Å². The highest BCUT2D eigenvalue weighted by Crippen LogP contribution is 2.23. The Labute approximate surface area is 167 Å². The number of nitrogens with one attached hydrogen (secondary N) is 1. The van der Waals surface area contributed by atoms with Crippen LogP contribution < -0.4 is 10.1 Å². The minimum Gasteiger partial charge on any atom is -0.497 e. The highest BCUT2D eigenvalue weighted by molar-refractivity contribution is 7.91. The molecule has 0 unspecified atom stereocenters. The average molecular weight is 396 g/mol. The molecule has 1 atom stereocenters. The van der Waals surface area contributed by atoms with Crippen LogP contribution in [0.15, 0.2) is 88.7 Å². The Morgan fingerprint density at radius 2 is 1.39 bits per heavy atom. The first-order valence-corrected chi connectivity index (χ1v) is 10.7. The molecule has 0 heterocycles. The second-order valence-electron chi connectivity index (χ2n) is 6.79. The zero-order valence-electron chi connectivity index (χ0n) is 16.1. The third-order valence-electron chi connectivity index (χ3n) is 4.64. The Balaban J connectivity index is 1.63. The molecule has 0 aliphatic heterocycles. The van der Waals surface area contributed by atoms with Gasteiger partial charge in [0.25, 0.3) is 0 Å². The van der Waals surface area contributed by atoms with Crippen LogP contribution in [-0.4, -0.2) is 21.6 Å². The number of sulfone groups is 1. The number of rotatable bonds is 8. The molecule has 0 amide bonds. The topological polar surface area (TPSA) is 55.4 Å². The SMILES string of the molecule is COc1ccc(S(=O)(=O)c2ccc(C[C@@H](C)NCc3ccccc3)cc2)cc1. The molecule has 0 aliphatic rings. The van der Waals surface area contributed by atoms with Gasteiger partial charge in [-0.2, -0.15) is 0 Å².